The van der Waals surface area contributed by atoms with Gasteiger partial charge in [-0.1, -0.05) is 24.6 Å². The first-order valence-electron chi connectivity index (χ1n) is 9.82. The average Bonchev–Trinajstić information content (AvgIpc) is 3.11. The van der Waals surface area contributed by atoms with Crippen molar-refractivity contribution in [1.82, 2.24) is 9.21 Å². The monoisotopic (exact) mass is 418 g/mol. The van der Waals surface area contributed by atoms with Gasteiger partial charge in [-0.25, -0.2) is 8.42 Å². The van der Waals surface area contributed by atoms with E-state index in [1.807, 2.05) is 19.1 Å². The number of thiophene rings is 1. The lowest BCUT2D eigenvalue weighted by atomic mass is 9.90. The molecule has 0 unspecified atom stereocenters. The third-order valence-corrected chi connectivity index (χ3v) is 8.86. The van der Waals surface area contributed by atoms with E-state index in [4.69, 9.17) is 0 Å². The van der Waals surface area contributed by atoms with Crippen molar-refractivity contribution in [1.29, 1.82) is 0 Å². The maximum atomic E-state index is 12.9. The quantitative estimate of drug-likeness (QED) is 0.768. The molecule has 150 valence electrons. The Bertz CT molecular complexity index is 972. The van der Waals surface area contributed by atoms with E-state index in [-0.39, 0.29) is 5.91 Å². The van der Waals surface area contributed by atoms with Gasteiger partial charge in [-0.3, -0.25) is 4.79 Å². The number of hydrogen-bond donors (Lipinski definition) is 0. The summed E-state index contributed by atoms with van der Waals surface area (Å²) in [5.41, 5.74) is 2.36. The van der Waals surface area contributed by atoms with Gasteiger partial charge in [0.2, 0.25) is 10.0 Å². The molecule has 2 aromatic rings. The van der Waals surface area contributed by atoms with Crippen molar-refractivity contribution in [3.05, 3.63) is 51.2 Å². The maximum Gasteiger partial charge on any atom is 0.264 e. The molecule has 1 aliphatic heterocycles. The normalized spacial score (nSPS) is 20.8. The second kappa shape index (κ2) is 7.61. The van der Waals surface area contributed by atoms with Crippen molar-refractivity contribution >= 4 is 27.3 Å². The number of hydrogen-bond acceptors (Lipinski definition) is 4. The molecule has 1 atom stereocenters. The molecule has 0 radical (unpaired) electrons. The van der Waals surface area contributed by atoms with Crippen LogP contribution in [-0.4, -0.2) is 49.7 Å². The number of amides is 1. The van der Waals surface area contributed by atoms with Crippen LogP contribution in [0.5, 0.6) is 0 Å². The molecule has 0 bridgehead atoms. The van der Waals surface area contributed by atoms with Crippen molar-refractivity contribution in [2.75, 3.05) is 26.2 Å². The topological polar surface area (TPSA) is 57.7 Å². The highest BCUT2D eigenvalue weighted by Crippen LogP contribution is 2.33. The molecule has 0 spiro atoms. The Morgan fingerprint density at radius 2 is 1.79 bits per heavy atom. The molecule has 4 rings (SSSR count). The van der Waals surface area contributed by atoms with Crippen molar-refractivity contribution < 1.29 is 13.2 Å². The van der Waals surface area contributed by atoms with Gasteiger partial charge in [0.05, 0.1) is 9.77 Å². The summed E-state index contributed by atoms with van der Waals surface area (Å²) in [6, 6.07) is 8.99. The Hall–Kier alpha value is -1.70. The minimum absolute atomic E-state index is 0.0411. The molecular formula is C21H26N2O3S2. The van der Waals surface area contributed by atoms with Crippen LogP contribution in [0.15, 0.2) is 35.2 Å². The zero-order chi connectivity index (χ0) is 19.9. The molecule has 7 heteroatoms. The predicted octanol–water partition coefficient (Wildman–Crippen LogP) is 3.33. The van der Waals surface area contributed by atoms with E-state index in [0.29, 0.717) is 37.0 Å². The van der Waals surface area contributed by atoms with Crippen LogP contribution in [0.3, 0.4) is 0 Å². The fraction of sp³-hybridized carbons (Fsp3) is 0.476. The van der Waals surface area contributed by atoms with Crippen molar-refractivity contribution in [3.8, 4) is 0 Å². The molecule has 5 nitrogen and oxygen atoms in total. The zero-order valence-electron chi connectivity index (χ0n) is 16.3. The van der Waals surface area contributed by atoms with Crippen LogP contribution in [-0.2, 0) is 22.9 Å². The molecule has 1 saturated heterocycles. The molecule has 1 aliphatic carbocycles. The Morgan fingerprint density at radius 1 is 1.11 bits per heavy atom. The highest BCUT2D eigenvalue weighted by molar-refractivity contribution is 7.89. The lowest BCUT2D eigenvalue weighted by Gasteiger charge is -2.33. The van der Waals surface area contributed by atoms with Crippen molar-refractivity contribution in [3.63, 3.8) is 0 Å². The van der Waals surface area contributed by atoms with E-state index < -0.39 is 10.0 Å². The molecule has 1 fully saturated rings. The van der Waals surface area contributed by atoms with Gasteiger partial charge in [-0.2, -0.15) is 4.31 Å². The van der Waals surface area contributed by atoms with Crippen LogP contribution >= 0.6 is 11.3 Å². The first kappa shape index (κ1) is 19.6. The van der Waals surface area contributed by atoms with Crippen LogP contribution in [0.25, 0.3) is 0 Å². The summed E-state index contributed by atoms with van der Waals surface area (Å²) in [5.74, 6) is 0.722. The fourth-order valence-corrected chi connectivity index (χ4v) is 6.56. The number of piperazine rings is 1. The number of benzene rings is 1. The van der Waals surface area contributed by atoms with Crippen LogP contribution in [0.2, 0.25) is 0 Å². The van der Waals surface area contributed by atoms with Crippen LogP contribution < -0.4 is 0 Å². The molecule has 2 aliphatic rings. The van der Waals surface area contributed by atoms with E-state index in [1.165, 1.54) is 21.2 Å². The van der Waals surface area contributed by atoms with Gasteiger partial charge in [0.15, 0.2) is 0 Å². The largest absolute Gasteiger partial charge is 0.335 e. The number of carbonyl (C=O) groups is 1. The van der Waals surface area contributed by atoms with E-state index in [1.54, 1.807) is 28.4 Å². The minimum Gasteiger partial charge on any atom is -0.335 e. The summed E-state index contributed by atoms with van der Waals surface area (Å²) >= 11 is 1.62. The number of aryl methyl sites for hydroxylation is 2. The predicted molar refractivity (Wildman–Crippen MR) is 111 cm³/mol. The minimum atomic E-state index is -3.50. The first-order chi connectivity index (χ1) is 13.3. The van der Waals surface area contributed by atoms with Crippen LogP contribution in [0.4, 0.5) is 0 Å². The molecular weight excluding hydrogens is 392 g/mol. The molecule has 0 saturated carbocycles. The highest BCUT2D eigenvalue weighted by Gasteiger charge is 2.31. The Morgan fingerprint density at radius 3 is 2.46 bits per heavy atom. The summed E-state index contributed by atoms with van der Waals surface area (Å²) in [6.07, 6.45) is 3.31. The molecule has 2 heterocycles. The van der Waals surface area contributed by atoms with Gasteiger partial charge in [-0.05, 0) is 55.9 Å². The number of sulfonamides is 1. The zero-order valence-corrected chi connectivity index (χ0v) is 18.0. The maximum absolute atomic E-state index is 12.9. The summed E-state index contributed by atoms with van der Waals surface area (Å²) in [4.78, 5) is 17.2. The van der Waals surface area contributed by atoms with Gasteiger partial charge in [-0.15, -0.1) is 11.3 Å². The van der Waals surface area contributed by atoms with Gasteiger partial charge in [0.25, 0.3) is 5.91 Å². The van der Waals surface area contributed by atoms with Crippen LogP contribution in [0, 0.1) is 12.8 Å². The summed E-state index contributed by atoms with van der Waals surface area (Å²) in [5, 5.41) is 0. The smallest absolute Gasteiger partial charge is 0.264 e. The standard InChI is InChI=1S/C21H26N2O3S2/c1-15-3-6-18(7-4-15)28(25,26)23-11-9-22(10-12-23)21(24)20-14-17-13-16(2)5-8-19(17)27-20/h3-4,6-7,14,16H,5,8-13H2,1-2H3/t16-/m1/s1. The van der Waals surface area contributed by atoms with E-state index >= 15 is 0 Å². The third kappa shape index (κ3) is 3.75. The van der Waals surface area contributed by atoms with E-state index in [2.05, 4.69) is 13.0 Å². The van der Waals surface area contributed by atoms with Gasteiger partial charge < -0.3 is 4.90 Å². The summed E-state index contributed by atoms with van der Waals surface area (Å²) in [7, 11) is -3.50. The second-order valence-electron chi connectivity index (χ2n) is 7.92. The van der Waals surface area contributed by atoms with Crippen molar-refractivity contribution in [2.45, 2.75) is 38.0 Å². The molecule has 1 aromatic carbocycles. The Balaban J connectivity index is 1.42. The highest BCUT2D eigenvalue weighted by atomic mass is 32.2. The molecule has 1 aromatic heterocycles. The number of carbonyl (C=O) groups excluding carboxylic acids is 1. The Labute approximate surface area is 171 Å². The van der Waals surface area contributed by atoms with Crippen LogP contribution in [0.1, 0.15) is 39.0 Å². The number of nitrogens with zero attached hydrogens (tertiary/aromatic N) is 2. The van der Waals surface area contributed by atoms with Gasteiger partial charge in [0.1, 0.15) is 0 Å². The third-order valence-electron chi connectivity index (χ3n) is 5.72. The van der Waals surface area contributed by atoms with E-state index in [9.17, 15) is 13.2 Å². The summed E-state index contributed by atoms with van der Waals surface area (Å²) in [6.45, 7) is 5.74. The lowest BCUT2D eigenvalue weighted by molar-refractivity contribution is 0.0702. The van der Waals surface area contributed by atoms with E-state index in [0.717, 1.165) is 23.3 Å². The van der Waals surface area contributed by atoms with Gasteiger partial charge >= 0.3 is 0 Å². The average molecular weight is 419 g/mol. The first-order valence-corrected chi connectivity index (χ1v) is 12.1. The summed E-state index contributed by atoms with van der Waals surface area (Å²) < 4.78 is 27.2. The number of rotatable bonds is 3. The molecule has 1 amide bonds. The fourth-order valence-electron chi connectivity index (χ4n) is 3.96. The molecule has 0 N–H and O–H groups in total. The molecule has 28 heavy (non-hydrogen) atoms. The lowest BCUT2D eigenvalue weighted by Crippen LogP contribution is -2.50. The Kier molecular flexibility index (Phi) is 5.33. The van der Waals surface area contributed by atoms with Crippen molar-refractivity contribution in [2.24, 2.45) is 5.92 Å². The SMILES string of the molecule is Cc1ccc(S(=O)(=O)N2CCN(C(=O)c3cc4c(s3)CC[C@@H](C)C4)CC2)cc1. The number of fused-ring (bicyclic) bond motifs is 1. The second-order valence-corrected chi connectivity index (χ2v) is 11.0. The van der Waals surface area contributed by atoms with Gasteiger partial charge in [0, 0.05) is 31.1 Å².